The second kappa shape index (κ2) is 5.46. The van der Waals surface area contributed by atoms with Crippen molar-refractivity contribution in [2.75, 3.05) is 18.1 Å². The first-order valence-electron chi connectivity index (χ1n) is 4.45. The number of likely N-dealkylation sites (N-methyl/N-ethyl adjacent to an activating group) is 1. The molecule has 1 aliphatic heterocycles. The van der Waals surface area contributed by atoms with E-state index in [-0.39, 0.29) is 11.7 Å². The number of carbonyl (C=O) groups excluding carboxylic acids is 2. The van der Waals surface area contributed by atoms with E-state index in [1.165, 1.54) is 6.92 Å². The Labute approximate surface area is 92.1 Å². The molecule has 0 radical (unpaired) electrons. The van der Waals surface area contributed by atoms with Crippen LogP contribution >= 0.6 is 23.5 Å². The van der Waals surface area contributed by atoms with E-state index in [1.54, 1.807) is 23.5 Å². The van der Waals surface area contributed by atoms with Crippen LogP contribution in [0.25, 0.3) is 0 Å². The van der Waals surface area contributed by atoms with Gasteiger partial charge in [0.05, 0.1) is 4.24 Å². The third-order valence-corrected chi connectivity index (χ3v) is 4.38. The lowest BCUT2D eigenvalue weighted by Gasteiger charge is -2.06. The summed E-state index contributed by atoms with van der Waals surface area (Å²) in [6.45, 7) is 3.84. The number of ketones is 1. The summed E-state index contributed by atoms with van der Waals surface area (Å²) < 4.78 is 0.878. The smallest absolute Gasteiger partial charge is 0.256 e. The molecule has 0 spiro atoms. The predicted molar refractivity (Wildman–Crippen MR) is 61.3 cm³/mol. The molecule has 1 amide bonds. The Morgan fingerprint density at radius 1 is 1.36 bits per heavy atom. The van der Waals surface area contributed by atoms with Crippen molar-refractivity contribution < 1.29 is 9.59 Å². The van der Waals surface area contributed by atoms with Gasteiger partial charge in [-0.05, 0) is 13.8 Å². The van der Waals surface area contributed by atoms with Crippen molar-refractivity contribution in [2.24, 2.45) is 0 Å². The summed E-state index contributed by atoms with van der Waals surface area (Å²) in [6.07, 6.45) is 0. The van der Waals surface area contributed by atoms with Crippen molar-refractivity contribution in [3.63, 3.8) is 0 Å². The molecule has 5 heteroatoms. The molecule has 78 valence electrons. The van der Waals surface area contributed by atoms with E-state index >= 15 is 0 Å². The standard InChI is InChI=1S/C9H13NO2S2/c1-3-10-8(12)7(6(2)11)9-13-4-5-14-9/h3-5H2,1-2H3,(H,10,12). The van der Waals surface area contributed by atoms with Gasteiger partial charge in [0.15, 0.2) is 5.78 Å². The molecule has 0 unspecified atom stereocenters. The first kappa shape index (κ1) is 11.7. The number of thioether (sulfide) groups is 2. The average Bonchev–Trinajstić information content (AvgIpc) is 2.57. The van der Waals surface area contributed by atoms with Crippen LogP contribution in [0.15, 0.2) is 9.81 Å². The Hall–Kier alpha value is -0.420. The van der Waals surface area contributed by atoms with Crippen molar-refractivity contribution in [2.45, 2.75) is 13.8 Å². The lowest BCUT2D eigenvalue weighted by atomic mass is 10.2. The highest BCUT2D eigenvalue weighted by Crippen LogP contribution is 2.38. The van der Waals surface area contributed by atoms with Crippen molar-refractivity contribution >= 4 is 35.2 Å². The summed E-state index contributed by atoms with van der Waals surface area (Å²) in [5, 5.41) is 2.66. The average molecular weight is 231 g/mol. The van der Waals surface area contributed by atoms with Crippen LogP contribution in [-0.2, 0) is 9.59 Å². The van der Waals surface area contributed by atoms with Crippen LogP contribution in [0.5, 0.6) is 0 Å². The maximum absolute atomic E-state index is 11.6. The molecule has 14 heavy (non-hydrogen) atoms. The zero-order chi connectivity index (χ0) is 10.6. The normalized spacial score (nSPS) is 15.4. The third-order valence-electron chi connectivity index (χ3n) is 1.67. The van der Waals surface area contributed by atoms with Gasteiger partial charge < -0.3 is 5.32 Å². The van der Waals surface area contributed by atoms with E-state index < -0.39 is 0 Å². The van der Waals surface area contributed by atoms with Gasteiger partial charge >= 0.3 is 0 Å². The molecule has 0 aliphatic carbocycles. The summed E-state index contributed by atoms with van der Waals surface area (Å²) in [5.41, 5.74) is 0.333. The van der Waals surface area contributed by atoms with Gasteiger partial charge in [-0.15, -0.1) is 23.5 Å². The fraction of sp³-hybridized carbons (Fsp3) is 0.556. The van der Waals surface area contributed by atoms with Crippen LogP contribution in [0, 0.1) is 0 Å². The second-order valence-electron chi connectivity index (χ2n) is 2.78. The molecule has 0 aromatic heterocycles. The third kappa shape index (κ3) is 2.78. The number of Topliss-reactive ketones (excluding diaryl/α,β-unsaturated/α-hetero) is 1. The monoisotopic (exact) mass is 231 g/mol. The summed E-state index contributed by atoms with van der Waals surface area (Å²) in [7, 11) is 0. The molecule has 0 aromatic rings. The van der Waals surface area contributed by atoms with Gasteiger partial charge in [-0.2, -0.15) is 0 Å². The zero-order valence-corrected chi connectivity index (χ0v) is 9.89. The number of hydrogen-bond donors (Lipinski definition) is 1. The number of hydrogen-bond acceptors (Lipinski definition) is 4. The van der Waals surface area contributed by atoms with Crippen molar-refractivity contribution in [3.05, 3.63) is 9.81 Å². The maximum atomic E-state index is 11.6. The van der Waals surface area contributed by atoms with Gasteiger partial charge in [-0.1, -0.05) is 0 Å². The highest BCUT2D eigenvalue weighted by Gasteiger charge is 2.22. The van der Waals surface area contributed by atoms with E-state index in [1.807, 2.05) is 6.92 Å². The van der Waals surface area contributed by atoms with Gasteiger partial charge in [0.1, 0.15) is 5.57 Å². The van der Waals surface area contributed by atoms with E-state index in [0.29, 0.717) is 12.1 Å². The molecule has 0 aromatic carbocycles. The summed E-state index contributed by atoms with van der Waals surface area (Å²) in [4.78, 5) is 22.9. The zero-order valence-electron chi connectivity index (χ0n) is 8.25. The minimum absolute atomic E-state index is 0.146. The Balaban J connectivity index is 2.88. The molecule has 0 atom stereocenters. The molecule has 1 saturated heterocycles. The number of nitrogens with one attached hydrogen (secondary N) is 1. The summed E-state index contributed by atoms with van der Waals surface area (Å²) in [6, 6.07) is 0. The van der Waals surface area contributed by atoms with Gasteiger partial charge in [0, 0.05) is 18.1 Å². The molecule has 1 rings (SSSR count). The van der Waals surface area contributed by atoms with Crippen molar-refractivity contribution in [3.8, 4) is 0 Å². The Bertz CT molecular complexity index is 279. The number of rotatable bonds is 3. The van der Waals surface area contributed by atoms with Crippen LogP contribution in [-0.4, -0.2) is 29.7 Å². The highest BCUT2D eigenvalue weighted by atomic mass is 32.2. The van der Waals surface area contributed by atoms with Gasteiger partial charge in [-0.3, -0.25) is 9.59 Å². The molecule has 0 saturated carbocycles. The summed E-state index contributed by atoms with van der Waals surface area (Å²) >= 11 is 3.19. The molecule has 1 aliphatic rings. The van der Waals surface area contributed by atoms with E-state index in [0.717, 1.165) is 15.7 Å². The Morgan fingerprint density at radius 3 is 2.36 bits per heavy atom. The highest BCUT2D eigenvalue weighted by molar-refractivity contribution is 8.25. The molecule has 1 fully saturated rings. The van der Waals surface area contributed by atoms with E-state index in [4.69, 9.17) is 0 Å². The minimum atomic E-state index is -0.239. The molecule has 0 bridgehead atoms. The maximum Gasteiger partial charge on any atom is 0.256 e. The first-order chi connectivity index (χ1) is 6.66. The summed E-state index contributed by atoms with van der Waals surface area (Å²) in [5.74, 6) is 1.58. The lowest BCUT2D eigenvalue weighted by Crippen LogP contribution is -2.27. The number of carbonyl (C=O) groups is 2. The van der Waals surface area contributed by atoms with Crippen LogP contribution in [0.2, 0.25) is 0 Å². The Kier molecular flexibility index (Phi) is 4.54. The van der Waals surface area contributed by atoms with Crippen LogP contribution in [0.1, 0.15) is 13.8 Å². The SMILES string of the molecule is CCNC(=O)C(C(C)=O)=C1SCCS1. The van der Waals surface area contributed by atoms with Crippen molar-refractivity contribution in [1.29, 1.82) is 0 Å². The predicted octanol–water partition coefficient (Wildman–Crippen LogP) is 1.40. The topological polar surface area (TPSA) is 46.2 Å². The molecule has 3 nitrogen and oxygen atoms in total. The van der Waals surface area contributed by atoms with Crippen LogP contribution in [0.3, 0.4) is 0 Å². The molecule has 1 heterocycles. The molecule has 1 N–H and O–H groups in total. The largest absolute Gasteiger partial charge is 0.352 e. The van der Waals surface area contributed by atoms with Gasteiger partial charge in [-0.25, -0.2) is 0 Å². The molecular formula is C9H13NO2S2. The Morgan fingerprint density at radius 2 is 1.93 bits per heavy atom. The van der Waals surface area contributed by atoms with Crippen LogP contribution in [0.4, 0.5) is 0 Å². The molecular weight excluding hydrogens is 218 g/mol. The second-order valence-corrected chi connectivity index (χ2v) is 5.24. The minimum Gasteiger partial charge on any atom is -0.352 e. The first-order valence-corrected chi connectivity index (χ1v) is 6.43. The fourth-order valence-corrected chi connectivity index (χ4v) is 3.73. The van der Waals surface area contributed by atoms with Crippen LogP contribution < -0.4 is 5.32 Å². The number of amides is 1. The fourth-order valence-electron chi connectivity index (χ4n) is 1.10. The van der Waals surface area contributed by atoms with E-state index in [2.05, 4.69) is 5.32 Å². The van der Waals surface area contributed by atoms with Gasteiger partial charge in [0.2, 0.25) is 0 Å². The quantitative estimate of drug-likeness (QED) is 0.453. The lowest BCUT2D eigenvalue weighted by molar-refractivity contribution is -0.121. The van der Waals surface area contributed by atoms with Crippen molar-refractivity contribution in [1.82, 2.24) is 5.32 Å². The van der Waals surface area contributed by atoms with Gasteiger partial charge in [0.25, 0.3) is 5.91 Å². The van der Waals surface area contributed by atoms with E-state index in [9.17, 15) is 9.59 Å².